The maximum absolute atomic E-state index is 12.8. The molecule has 4 rings (SSSR count). The molecular weight excluding hydrogens is 450 g/mol. The summed E-state index contributed by atoms with van der Waals surface area (Å²) in [5.41, 5.74) is 1.43. The van der Waals surface area contributed by atoms with Crippen LogP contribution in [0.25, 0.3) is 11.0 Å². The molecule has 0 N–H and O–H groups in total. The molecule has 0 radical (unpaired) electrons. The van der Waals surface area contributed by atoms with Crippen LogP contribution in [0, 0.1) is 0 Å². The highest BCUT2D eigenvalue weighted by Gasteiger charge is 2.33. The number of carbonyl (C=O) groups is 2. The lowest BCUT2D eigenvalue weighted by Gasteiger charge is -2.23. The number of ether oxygens (including phenoxy) is 1. The van der Waals surface area contributed by atoms with Gasteiger partial charge in [0.15, 0.2) is 16.4 Å². The molecule has 1 saturated heterocycles. The van der Waals surface area contributed by atoms with Gasteiger partial charge in [0.1, 0.15) is 5.58 Å². The minimum absolute atomic E-state index is 0.0463. The number of carbonyl (C=O) groups excluding carboxylic acids is 2. The van der Waals surface area contributed by atoms with Crippen LogP contribution in [-0.4, -0.2) is 61.6 Å². The number of nitrogens with zero attached hydrogens (tertiary/aromatic N) is 1. The second kappa shape index (κ2) is 9.87. The fourth-order valence-corrected chi connectivity index (χ4v) is 7.55. The average molecular weight is 480 g/mol. The van der Waals surface area contributed by atoms with Gasteiger partial charge in [0, 0.05) is 35.0 Å². The quantitative estimate of drug-likeness (QED) is 0.558. The molecule has 1 saturated carbocycles. The Kier molecular flexibility index (Phi) is 7.14. The summed E-state index contributed by atoms with van der Waals surface area (Å²) in [5, 5.41) is 1.47. The van der Waals surface area contributed by atoms with Crippen molar-refractivity contribution >= 4 is 44.4 Å². The number of rotatable bonds is 7. The van der Waals surface area contributed by atoms with Crippen LogP contribution in [0.2, 0.25) is 0 Å². The minimum atomic E-state index is -3.10. The monoisotopic (exact) mass is 479 g/mol. The van der Waals surface area contributed by atoms with E-state index in [0.717, 1.165) is 10.9 Å². The van der Waals surface area contributed by atoms with E-state index in [-0.39, 0.29) is 23.3 Å². The van der Waals surface area contributed by atoms with Crippen LogP contribution in [0.3, 0.4) is 0 Å². The molecule has 1 aliphatic carbocycles. The van der Waals surface area contributed by atoms with E-state index in [1.165, 1.54) is 37.0 Å². The van der Waals surface area contributed by atoms with E-state index in [1.807, 2.05) is 36.0 Å². The Bertz CT molecular complexity index is 1090. The average Bonchev–Trinajstić information content (AvgIpc) is 3.35. The highest BCUT2D eigenvalue weighted by Crippen LogP contribution is 2.35. The van der Waals surface area contributed by atoms with Gasteiger partial charge in [-0.05, 0) is 25.3 Å². The van der Waals surface area contributed by atoms with E-state index in [2.05, 4.69) is 0 Å². The number of sulfone groups is 1. The van der Waals surface area contributed by atoms with Crippen molar-refractivity contribution in [2.24, 2.45) is 0 Å². The summed E-state index contributed by atoms with van der Waals surface area (Å²) in [6.07, 6.45) is 6.58. The summed E-state index contributed by atoms with van der Waals surface area (Å²) in [5.74, 6) is -0.255. The first-order valence-corrected chi connectivity index (χ1v) is 14.0. The van der Waals surface area contributed by atoms with Gasteiger partial charge in [-0.25, -0.2) is 13.2 Å². The van der Waals surface area contributed by atoms with Gasteiger partial charge in [-0.1, -0.05) is 37.5 Å². The Hall–Kier alpha value is -2.00. The molecule has 0 spiro atoms. The van der Waals surface area contributed by atoms with Crippen molar-refractivity contribution < 1.29 is 27.2 Å². The lowest BCUT2D eigenvalue weighted by atomic mass is 10.0. The second-order valence-electron chi connectivity index (χ2n) is 8.61. The fraction of sp³-hybridized carbons (Fsp3) is 0.565. The molecule has 2 heterocycles. The second-order valence-corrected chi connectivity index (χ2v) is 12.1. The molecule has 32 heavy (non-hydrogen) atoms. The van der Waals surface area contributed by atoms with E-state index < -0.39 is 28.3 Å². The Morgan fingerprint density at radius 3 is 2.62 bits per heavy atom. The van der Waals surface area contributed by atoms with Crippen LogP contribution in [0.15, 0.2) is 28.7 Å². The lowest BCUT2D eigenvalue weighted by Crippen LogP contribution is -2.40. The number of likely N-dealkylation sites (N-methyl/N-ethyl adjacent to an activating group) is 1. The van der Waals surface area contributed by atoms with E-state index in [9.17, 15) is 18.0 Å². The van der Waals surface area contributed by atoms with Crippen LogP contribution < -0.4 is 0 Å². The number of hydrogen-bond donors (Lipinski definition) is 0. The van der Waals surface area contributed by atoms with Gasteiger partial charge in [0.05, 0.1) is 11.5 Å². The van der Waals surface area contributed by atoms with Gasteiger partial charge >= 0.3 is 5.97 Å². The summed E-state index contributed by atoms with van der Waals surface area (Å²) in [6.45, 7) is -0.446. The Morgan fingerprint density at radius 2 is 1.91 bits per heavy atom. The molecule has 2 aromatic rings. The number of fused-ring (bicyclic) bond motifs is 1. The van der Waals surface area contributed by atoms with Gasteiger partial charge in [-0.3, -0.25) is 4.79 Å². The number of amides is 1. The zero-order valence-corrected chi connectivity index (χ0v) is 19.9. The first kappa shape index (κ1) is 23.2. The zero-order valence-electron chi connectivity index (χ0n) is 18.2. The highest BCUT2D eigenvalue weighted by atomic mass is 32.2. The van der Waals surface area contributed by atoms with Crippen molar-refractivity contribution in [3.63, 3.8) is 0 Å². The van der Waals surface area contributed by atoms with Crippen LogP contribution in [-0.2, 0) is 25.1 Å². The first-order valence-electron chi connectivity index (χ1n) is 11.1. The highest BCUT2D eigenvalue weighted by molar-refractivity contribution is 7.99. The van der Waals surface area contributed by atoms with E-state index in [4.69, 9.17) is 9.15 Å². The van der Waals surface area contributed by atoms with Crippen LogP contribution in [0.4, 0.5) is 0 Å². The third-order valence-electron chi connectivity index (χ3n) is 6.38. The number of thioether (sulfide) groups is 1. The van der Waals surface area contributed by atoms with Crippen molar-refractivity contribution in [1.82, 2.24) is 4.90 Å². The van der Waals surface area contributed by atoms with Gasteiger partial charge < -0.3 is 14.1 Å². The number of benzene rings is 1. The van der Waals surface area contributed by atoms with Gasteiger partial charge in [0.2, 0.25) is 5.76 Å². The predicted molar refractivity (Wildman–Crippen MR) is 124 cm³/mol. The summed E-state index contributed by atoms with van der Waals surface area (Å²) in [7, 11) is -1.55. The fourth-order valence-electron chi connectivity index (χ4n) is 4.42. The molecule has 1 aromatic carbocycles. The molecule has 174 valence electrons. The van der Waals surface area contributed by atoms with Crippen molar-refractivity contribution in [3.8, 4) is 0 Å². The summed E-state index contributed by atoms with van der Waals surface area (Å²) < 4.78 is 34.5. The van der Waals surface area contributed by atoms with Crippen LogP contribution >= 0.6 is 11.8 Å². The number of hydrogen-bond acceptors (Lipinski definition) is 7. The Balaban J connectivity index is 1.42. The third-order valence-corrected chi connectivity index (χ3v) is 9.52. The molecular formula is C23H29NO6S2. The summed E-state index contributed by atoms with van der Waals surface area (Å²) >= 11 is 1.85. The van der Waals surface area contributed by atoms with E-state index >= 15 is 0 Å². The molecule has 7 nitrogen and oxygen atoms in total. The first-order chi connectivity index (χ1) is 15.3. The number of esters is 1. The number of para-hydroxylation sites is 1. The van der Waals surface area contributed by atoms with Crippen molar-refractivity contribution in [3.05, 3.63) is 35.6 Å². The minimum Gasteiger partial charge on any atom is -0.450 e. The molecule has 1 unspecified atom stereocenters. The molecule has 2 aliphatic rings. The summed E-state index contributed by atoms with van der Waals surface area (Å²) in [4.78, 5) is 26.7. The van der Waals surface area contributed by atoms with Gasteiger partial charge in [-0.2, -0.15) is 11.8 Å². The molecule has 0 bridgehead atoms. The van der Waals surface area contributed by atoms with Crippen molar-refractivity contribution in [1.29, 1.82) is 0 Å². The standard InChI is InChI=1S/C23H29NO6S2/c1-24(16-11-12-32(27,28)15-16)21(25)13-29-23(26)22-19(14-31-17-7-3-2-4-8-17)18-9-5-6-10-20(18)30-22/h5-6,9-10,16-17H,2-4,7-8,11-15H2,1H3. The maximum atomic E-state index is 12.8. The van der Waals surface area contributed by atoms with E-state index in [1.54, 1.807) is 7.05 Å². The van der Waals surface area contributed by atoms with Crippen LogP contribution in [0.5, 0.6) is 0 Å². The topological polar surface area (TPSA) is 93.9 Å². The largest absolute Gasteiger partial charge is 0.450 e. The molecule has 1 atom stereocenters. The van der Waals surface area contributed by atoms with Crippen molar-refractivity contribution in [2.45, 2.75) is 55.6 Å². The lowest BCUT2D eigenvalue weighted by molar-refractivity contribution is -0.134. The molecule has 1 aromatic heterocycles. The molecule has 1 aliphatic heterocycles. The van der Waals surface area contributed by atoms with Crippen molar-refractivity contribution in [2.75, 3.05) is 25.2 Å². The SMILES string of the molecule is CN(C(=O)COC(=O)c1oc2ccccc2c1CSC1CCCCC1)C1CCS(=O)(=O)C1. The van der Waals surface area contributed by atoms with Crippen LogP contribution in [0.1, 0.15) is 54.6 Å². The zero-order chi connectivity index (χ0) is 22.7. The van der Waals surface area contributed by atoms with Gasteiger partial charge in [0.25, 0.3) is 5.91 Å². The van der Waals surface area contributed by atoms with E-state index in [0.29, 0.717) is 23.0 Å². The Labute approximate surface area is 192 Å². The molecule has 1 amide bonds. The third kappa shape index (κ3) is 5.31. The predicted octanol–water partition coefficient (Wildman–Crippen LogP) is 3.80. The Morgan fingerprint density at radius 1 is 1.16 bits per heavy atom. The van der Waals surface area contributed by atoms with Gasteiger partial charge in [-0.15, -0.1) is 0 Å². The smallest absolute Gasteiger partial charge is 0.375 e. The number of furan rings is 1. The molecule has 9 heteroatoms. The summed E-state index contributed by atoms with van der Waals surface area (Å²) in [6, 6.07) is 7.15. The molecule has 2 fully saturated rings. The maximum Gasteiger partial charge on any atom is 0.375 e. The normalized spacial score (nSPS) is 21.0.